The molecular formula is C11H14N6S. The van der Waals surface area contributed by atoms with E-state index in [-0.39, 0.29) is 4.99 Å². The molecule has 2 rings (SSSR count). The molecule has 0 fully saturated rings. The molecule has 0 aromatic carbocycles. The van der Waals surface area contributed by atoms with Crippen LogP contribution in [0.2, 0.25) is 0 Å². The fraction of sp³-hybridized carbons (Fsp3) is 0.273. The summed E-state index contributed by atoms with van der Waals surface area (Å²) < 4.78 is 2.02. The van der Waals surface area contributed by atoms with Gasteiger partial charge in [-0.25, -0.2) is 15.0 Å². The Bertz CT molecular complexity index is 510. The minimum atomic E-state index is 0.277. The van der Waals surface area contributed by atoms with E-state index in [1.54, 1.807) is 24.8 Å². The van der Waals surface area contributed by atoms with Crippen molar-refractivity contribution >= 4 is 23.2 Å². The van der Waals surface area contributed by atoms with Gasteiger partial charge in [0, 0.05) is 31.7 Å². The molecule has 0 atom stereocenters. The zero-order valence-electron chi connectivity index (χ0n) is 9.78. The van der Waals surface area contributed by atoms with Gasteiger partial charge in [0.2, 0.25) is 5.95 Å². The molecular weight excluding hydrogens is 248 g/mol. The third kappa shape index (κ3) is 3.49. The highest BCUT2D eigenvalue weighted by Gasteiger charge is 2.00. The Hall–Kier alpha value is -2.02. The lowest BCUT2D eigenvalue weighted by Gasteiger charge is -2.06. The SMILES string of the molecule is NC(=S)c1ccnc(NCCCn2ccnc2)n1. The molecule has 0 aliphatic rings. The molecule has 0 saturated heterocycles. The number of imidazole rings is 1. The number of thiocarbonyl (C=S) groups is 1. The lowest BCUT2D eigenvalue weighted by molar-refractivity contribution is 0.659. The van der Waals surface area contributed by atoms with Crippen molar-refractivity contribution in [2.75, 3.05) is 11.9 Å². The van der Waals surface area contributed by atoms with Crippen LogP contribution in [0.25, 0.3) is 0 Å². The molecule has 0 amide bonds. The van der Waals surface area contributed by atoms with Crippen LogP contribution in [0, 0.1) is 0 Å². The summed E-state index contributed by atoms with van der Waals surface area (Å²) >= 11 is 4.86. The summed E-state index contributed by atoms with van der Waals surface area (Å²) in [5.41, 5.74) is 6.09. The van der Waals surface area contributed by atoms with Gasteiger partial charge in [0.15, 0.2) is 0 Å². The van der Waals surface area contributed by atoms with Gasteiger partial charge in [-0.2, -0.15) is 0 Å². The second-order valence-electron chi connectivity index (χ2n) is 3.71. The van der Waals surface area contributed by atoms with E-state index in [1.165, 1.54) is 0 Å². The Kier molecular flexibility index (Phi) is 4.19. The van der Waals surface area contributed by atoms with E-state index >= 15 is 0 Å². The number of rotatable bonds is 6. The molecule has 0 saturated carbocycles. The summed E-state index contributed by atoms with van der Waals surface area (Å²) in [5, 5.41) is 3.13. The minimum absolute atomic E-state index is 0.277. The number of nitrogens with one attached hydrogen (secondary N) is 1. The molecule has 0 spiro atoms. The summed E-state index contributed by atoms with van der Waals surface area (Å²) in [4.78, 5) is 12.6. The van der Waals surface area contributed by atoms with Gasteiger partial charge in [0.05, 0.1) is 6.33 Å². The van der Waals surface area contributed by atoms with E-state index in [9.17, 15) is 0 Å². The van der Waals surface area contributed by atoms with Crippen LogP contribution in [0.15, 0.2) is 31.0 Å². The minimum Gasteiger partial charge on any atom is -0.388 e. The smallest absolute Gasteiger partial charge is 0.223 e. The van der Waals surface area contributed by atoms with Crippen LogP contribution in [0.1, 0.15) is 12.1 Å². The van der Waals surface area contributed by atoms with Crippen molar-refractivity contribution in [3.8, 4) is 0 Å². The summed E-state index contributed by atoms with van der Waals surface area (Å²) in [6.07, 6.45) is 8.09. The van der Waals surface area contributed by atoms with Gasteiger partial charge in [-0.3, -0.25) is 0 Å². The zero-order chi connectivity index (χ0) is 12.8. The topological polar surface area (TPSA) is 81.6 Å². The lowest BCUT2D eigenvalue weighted by Crippen LogP contribution is -2.14. The molecule has 7 heteroatoms. The molecule has 0 radical (unpaired) electrons. The van der Waals surface area contributed by atoms with E-state index < -0.39 is 0 Å². The number of nitrogens with zero attached hydrogens (tertiary/aromatic N) is 4. The summed E-state index contributed by atoms with van der Waals surface area (Å²) in [5.74, 6) is 0.547. The molecule has 0 bridgehead atoms. The van der Waals surface area contributed by atoms with Crippen molar-refractivity contribution in [1.82, 2.24) is 19.5 Å². The molecule has 3 N–H and O–H groups in total. The Labute approximate surface area is 110 Å². The van der Waals surface area contributed by atoms with Gasteiger partial charge in [-0.1, -0.05) is 12.2 Å². The van der Waals surface area contributed by atoms with Crippen LogP contribution >= 0.6 is 12.2 Å². The van der Waals surface area contributed by atoms with Crippen LogP contribution < -0.4 is 11.1 Å². The molecule has 94 valence electrons. The van der Waals surface area contributed by atoms with E-state index in [0.717, 1.165) is 19.5 Å². The summed E-state index contributed by atoms with van der Waals surface area (Å²) in [6, 6.07) is 1.69. The lowest BCUT2D eigenvalue weighted by atomic mass is 10.4. The van der Waals surface area contributed by atoms with Crippen LogP contribution in [0.4, 0.5) is 5.95 Å². The quantitative estimate of drug-likeness (QED) is 0.592. The largest absolute Gasteiger partial charge is 0.388 e. The molecule has 2 aromatic rings. The van der Waals surface area contributed by atoms with Crippen molar-refractivity contribution < 1.29 is 0 Å². The van der Waals surface area contributed by atoms with Crippen LogP contribution in [0.5, 0.6) is 0 Å². The first-order chi connectivity index (χ1) is 8.75. The van der Waals surface area contributed by atoms with E-state index in [0.29, 0.717) is 11.6 Å². The number of aryl methyl sites for hydroxylation is 1. The number of anilines is 1. The highest BCUT2D eigenvalue weighted by Crippen LogP contribution is 2.01. The van der Waals surface area contributed by atoms with Gasteiger partial charge in [-0.05, 0) is 12.5 Å². The molecule has 6 nitrogen and oxygen atoms in total. The zero-order valence-corrected chi connectivity index (χ0v) is 10.6. The Morgan fingerprint density at radius 3 is 3.06 bits per heavy atom. The second kappa shape index (κ2) is 6.06. The van der Waals surface area contributed by atoms with E-state index in [4.69, 9.17) is 18.0 Å². The standard InChI is InChI=1S/C11H14N6S/c12-10(18)9-2-4-15-11(16-9)14-3-1-6-17-7-5-13-8-17/h2,4-5,7-8H,1,3,6H2,(H2,12,18)(H,14,15,16). The van der Waals surface area contributed by atoms with Crippen molar-refractivity contribution in [2.24, 2.45) is 5.73 Å². The van der Waals surface area contributed by atoms with Crippen LogP contribution in [-0.2, 0) is 6.54 Å². The first-order valence-electron chi connectivity index (χ1n) is 5.58. The van der Waals surface area contributed by atoms with Gasteiger partial charge in [0.25, 0.3) is 0 Å². The Balaban J connectivity index is 1.79. The maximum Gasteiger partial charge on any atom is 0.223 e. The summed E-state index contributed by atoms with van der Waals surface area (Å²) in [6.45, 7) is 1.68. The monoisotopic (exact) mass is 262 g/mol. The fourth-order valence-electron chi connectivity index (χ4n) is 1.46. The second-order valence-corrected chi connectivity index (χ2v) is 4.15. The highest BCUT2D eigenvalue weighted by molar-refractivity contribution is 7.80. The Morgan fingerprint density at radius 2 is 2.33 bits per heavy atom. The predicted molar refractivity (Wildman–Crippen MR) is 73.3 cm³/mol. The molecule has 0 aliphatic carbocycles. The van der Waals surface area contributed by atoms with Gasteiger partial charge in [-0.15, -0.1) is 0 Å². The first kappa shape index (κ1) is 12.4. The van der Waals surface area contributed by atoms with Crippen molar-refractivity contribution in [1.29, 1.82) is 0 Å². The average molecular weight is 262 g/mol. The van der Waals surface area contributed by atoms with E-state index in [2.05, 4.69) is 20.3 Å². The highest BCUT2D eigenvalue weighted by atomic mass is 32.1. The average Bonchev–Trinajstić information content (AvgIpc) is 2.88. The molecule has 0 unspecified atom stereocenters. The van der Waals surface area contributed by atoms with Crippen LogP contribution in [-0.4, -0.2) is 31.1 Å². The maximum atomic E-state index is 5.50. The number of nitrogens with two attached hydrogens (primary N) is 1. The number of hydrogen-bond acceptors (Lipinski definition) is 5. The van der Waals surface area contributed by atoms with Gasteiger partial charge in [0.1, 0.15) is 10.7 Å². The number of hydrogen-bond donors (Lipinski definition) is 2. The normalized spacial score (nSPS) is 10.2. The predicted octanol–water partition coefficient (Wildman–Crippen LogP) is 0.809. The molecule has 2 heterocycles. The van der Waals surface area contributed by atoms with Crippen molar-refractivity contribution in [2.45, 2.75) is 13.0 Å². The van der Waals surface area contributed by atoms with Crippen LogP contribution in [0.3, 0.4) is 0 Å². The van der Waals surface area contributed by atoms with Gasteiger partial charge < -0.3 is 15.6 Å². The number of aromatic nitrogens is 4. The van der Waals surface area contributed by atoms with E-state index in [1.807, 2.05) is 10.8 Å². The Morgan fingerprint density at radius 1 is 1.44 bits per heavy atom. The molecule has 0 aliphatic heterocycles. The molecule has 2 aromatic heterocycles. The first-order valence-corrected chi connectivity index (χ1v) is 5.99. The van der Waals surface area contributed by atoms with Gasteiger partial charge >= 0.3 is 0 Å². The van der Waals surface area contributed by atoms with Crippen molar-refractivity contribution in [3.05, 3.63) is 36.7 Å². The fourth-order valence-corrected chi connectivity index (χ4v) is 1.58. The van der Waals surface area contributed by atoms with Crippen molar-refractivity contribution in [3.63, 3.8) is 0 Å². The summed E-state index contributed by atoms with van der Waals surface area (Å²) in [7, 11) is 0. The maximum absolute atomic E-state index is 5.50. The molecule has 18 heavy (non-hydrogen) atoms. The third-order valence-corrected chi connectivity index (χ3v) is 2.55. The third-order valence-electron chi connectivity index (χ3n) is 2.34.